The molecule has 2 aromatic rings. The first kappa shape index (κ1) is 26.1. The number of pyridine rings is 1. The molecule has 178 valence electrons. The van der Waals surface area contributed by atoms with Crippen LogP contribution >= 0.6 is 0 Å². The fourth-order valence-electron chi connectivity index (χ4n) is 3.37. The average Bonchev–Trinajstić information content (AvgIpc) is 2.79. The molecular formula is C25H31FN2O5. The molecular weight excluding hydrogens is 427 g/mol. The Labute approximate surface area is 193 Å². The normalized spacial score (nSPS) is 13.1. The Morgan fingerprint density at radius 3 is 2.36 bits per heavy atom. The lowest BCUT2D eigenvalue weighted by Crippen LogP contribution is -2.47. The average molecular weight is 459 g/mol. The first-order valence-corrected chi connectivity index (χ1v) is 11.1. The summed E-state index contributed by atoms with van der Waals surface area (Å²) in [4.78, 5) is 54.3. The maximum absolute atomic E-state index is 13.1. The van der Waals surface area contributed by atoms with Crippen LogP contribution in [-0.4, -0.2) is 47.8 Å². The van der Waals surface area contributed by atoms with Gasteiger partial charge in [-0.15, -0.1) is 0 Å². The molecule has 0 spiro atoms. The van der Waals surface area contributed by atoms with Gasteiger partial charge in [-0.1, -0.05) is 52.0 Å². The fraction of sp³-hybridized carbons (Fsp3) is 0.480. The van der Waals surface area contributed by atoms with Crippen molar-refractivity contribution in [3.63, 3.8) is 0 Å². The Morgan fingerprint density at radius 2 is 1.73 bits per heavy atom. The molecule has 2 atom stereocenters. The van der Waals surface area contributed by atoms with Gasteiger partial charge in [0.15, 0.2) is 11.6 Å². The highest BCUT2D eigenvalue weighted by Gasteiger charge is 2.31. The van der Waals surface area contributed by atoms with Crippen molar-refractivity contribution in [3.8, 4) is 0 Å². The number of carbonyl (C=O) groups is 4. The molecule has 0 aliphatic carbocycles. The van der Waals surface area contributed by atoms with Crippen molar-refractivity contribution in [2.24, 2.45) is 17.8 Å². The number of Topliss-reactive ketones (excluding diaryl/α,β-unsaturated/α-hetero) is 2. The number of halogens is 1. The Hall–Kier alpha value is -3.16. The highest BCUT2D eigenvalue weighted by atomic mass is 19.1. The lowest BCUT2D eigenvalue weighted by atomic mass is 9.88. The number of hydrogen-bond acceptors (Lipinski definition) is 6. The number of aromatic nitrogens is 1. The Balaban J connectivity index is 2.15. The second-order valence-electron chi connectivity index (χ2n) is 8.80. The van der Waals surface area contributed by atoms with E-state index in [2.05, 4.69) is 10.3 Å². The van der Waals surface area contributed by atoms with Gasteiger partial charge in [0, 0.05) is 23.9 Å². The van der Waals surface area contributed by atoms with Crippen molar-refractivity contribution in [1.82, 2.24) is 10.3 Å². The molecule has 1 aromatic heterocycles. The zero-order chi connectivity index (χ0) is 24.5. The molecule has 7 nitrogen and oxygen atoms in total. The van der Waals surface area contributed by atoms with Gasteiger partial charge in [-0.3, -0.25) is 24.2 Å². The van der Waals surface area contributed by atoms with E-state index in [4.69, 9.17) is 4.74 Å². The number of esters is 1. The van der Waals surface area contributed by atoms with E-state index in [1.165, 1.54) is 0 Å². The lowest BCUT2D eigenvalue weighted by Gasteiger charge is -2.23. The third-order valence-corrected chi connectivity index (χ3v) is 5.27. The number of alkyl halides is 1. The maximum Gasteiger partial charge on any atom is 0.308 e. The molecule has 1 aromatic carbocycles. The molecule has 1 heterocycles. The standard InChI is InChI=1S/C25H31FN2O5/c1-15(2)14-33-23(31)12-20(22(30)13-26)28-25(32)19(16(3)4)11-21(29)24-18-8-6-5-7-17(18)9-10-27-24/h5-10,15-16,19-20H,11-14H2,1-4H3,(H,28,32). The zero-order valence-electron chi connectivity index (χ0n) is 19.5. The van der Waals surface area contributed by atoms with Crippen LogP contribution in [0.4, 0.5) is 4.39 Å². The predicted molar refractivity (Wildman–Crippen MR) is 122 cm³/mol. The van der Waals surface area contributed by atoms with Crippen molar-refractivity contribution < 1.29 is 28.3 Å². The summed E-state index contributed by atoms with van der Waals surface area (Å²) in [5, 5.41) is 4.00. The van der Waals surface area contributed by atoms with Gasteiger partial charge < -0.3 is 10.1 Å². The number of ketones is 2. The van der Waals surface area contributed by atoms with E-state index in [-0.39, 0.29) is 36.3 Å². The number of amides is 1. The van der Waals surface area contributed by atoms with E-state index < -0.39 is 42.7 Å². The zero-order valence-corrected chi connectivity index (χ0v) is 19.5. The van der Waals surface area contributed by atoms with E-state index in [0.29, 0.717) is 5.39 Å². The molecule has 33 heavy (non-hydrogen) atoms. The van der Waals surface area contributed by atoms with Crippen LogP contribution in [0.5, 0.6) is 0 Å². The summed E-state index contributed by atoms with van der Waals surface area (Å²) in [6.07, 6.45) is 0.933. The van der Waals surface area contributed by atoms with Gasteiger partial charge in [-0.2, -0.15) is 0 Å². The van der Waals surface area contributed by atoms with Crippen LogP contribution in [0, 0.1) is 17.8 Å². The van der Waals surface area contributed by atoms with Crippen molar-refractivity contribution in [3.05, 3.63) is 42.2 Å². The third kappa shape index (κ3) is 7.44. The summed E-state index contributed by atoms with van der Waals surface area (Å²) >= 11 is 0. The van der Waals surface area contributed by atoms with Gasteiger partial charge in [0.25, 0.3) is 0 Å². The van der Waals surface area contributed by atoms with Gasteiger partial charge in [-0.05, 0) is 23.3 Å². The van der Waals surface area contributed by atoms with Crippen LogP contribution in [0.25, 0.3) is 10.8 Å². The molecule has 2 unspecified atom stereocenters. The molecule has 0 aliphatic heterocycles. The van der Waals surface area contributed by atoms with Crippen molar-refractivity contribution >= 4 is 34.2 Å². The molecule has 1 amide bonds. The van der Waals surface area contributed by atoms with Crippen LogP contribution in [-0.2, 0) is 19.1 Å². The third-order valence-electron chi connectivity index (χ3n) is 5.27. The van der Waals surface area contributed by atoms with E-state index in [1.807, 2.05) is 26.0 Å². The second kappa shape index (κ2) is 12.2. The van der Waals surface area contributed by atoms with Crippen LogP contribution < -0.4 is 5.32 Å². The highest BCUT2D eigenvalue weighted by molar-refractivity contribution is 6.07. The topological polar surface area (TPSA) is 102 Å². The number of benzene rings is 1. The minimum Gasteiger partial charge on any atom is -0.465 e. The summed E-state index contributed by atoms with van der Waals surface area (Å²) in [6, 6.07) is 7.76. The van der Waals surface area contributed by atoms with E-state index in [0.717, 1.165) is 5.39 Å². The number of ether oxygens (including phenoxy) is 1. The number of nitrogens with zero attached hydrogens (tertiary/aromatic N) is 1. The molecule has 1 N–H and O–H groups in total. The molecule has 8 heteroatoms. The minimum atomic E-state index is -1.35. The maximum atomic E-state index is 13.1. The SMILES string of the molecule is CC(C)COC(=O)CC(NC(=O)C(CC(=O)c1nccc2ccccc12)C(C)C)C(=O)CF. The quantitative estimate of drug-likeness (QED) is 0.384. The molecule has 0 saturated carbocycles. The molecule has 0 aliphatic rings. The number of nitrogens with one attached hydrogen (secondary N) is 1. The van der Waals surface area contributed by atoms with Crippen LogP contribution in [0.15, 0.2) is 36.5 Å². The molecule has 0 saturated heterocycles. The smallest absolute Gasteiger partial charge is 0.308 e. The van der Waals surface area contributed by atoms with Gasteiger partial charge in [0.1, 0.15) is 18.4 Å². The monoisotopic (exact) mass is 458 g/mol. The van der Waals surface area contributed by atoms with Gasteiger partial charge in [-0.25, -0.2) is 4.39 Å². The van der Waals surface area contributed by atoms with E-state index >= 15 is 0 Å². The number of hydrogen-bond donors (Lipinski definition) is 1. The first-order chi connectivity index (χ1) is 15.6. The summed E-state index contributed by atoms with van der Waals surface area (Å²) in [5.41, 5.74) is 0.264. The molecule has 0 radical (unpaired) electrons. The lowest BCUT2D eigenvalue weighted by molar-refractivity contribution is -0.147. The van der Waals surface area contributed by atoms with E-state index in [1.54, 1.807) is 38.2 Å². The predicted octanol–water partition coefficient (Wildman–Crippen LogP) is 3.69. The second-order valence-corrected chi connectivity index (χ2v) is 8.80. The van der Waals surface area contributed by atoms with Crippen LogP contribution in [0.3, 0.4) is 0 Å². The Bertz CT molecular complexity index is 1000. The summed E-state index contributed by atoms with van der Waals surface area (Å²) < 4.78 is 18.1. The van der Waals surface area contributed by atoms with E-state index in [9.17, 15) is 23.6 Å². The Kier molecular flexibility index (Phi) is 9.63. The molecule has 0 bridgehead atoms. The largest absolute Gasteiger partial charge is 0.465 e. The van der Waals surface area contributed by atoms with Gasteiger partial charge >= 0.3 is 5.97 Å². The fourth-order valence-corrected chi connectivity index (χ4v) is 3.37. The van der Waals surface area contributed by atoms with Gasteiger partial charge in [0.2, 0.25) is 5.91 Å². The highest BCUT2D eigenvalue weighted by Crippen LogP contribution is 2.23. The summed E-state index contributed by atoms with van der Waals surface area (Å²) in [6.45, 7) is 6.09. The van der Waals surface area contributed by atoms with Crippen molar-refractivity contribution in [2.75, 3.05) is 13.3 Å². The first-order valence-electron chi connectivity index (χ1n) is 11.1. The van der Waals surface area contributed by atoms with Crippen molar-refractivity contribution in [1.29, 1.82) is 0 Å². The number of rotatable bonds is 12. The number of carbonyl (C=O) groups excluding carboxylic acids is 4. The van der Waals surface area contributed by atoms with Crippen LogP contribution in [0.1, 0.15) is 51.0 Å². The van der Waals surface area contributed by atoms with Crippen LogP contribution in [0.2, 0.25) is 0 Å². The minimum absolute atomic E-state index is 0.0953. The van der Waals surface area contributed by atoms with Crippen molar-refractivity contribution in [2.45, 2.75) is 46.6 Å². The summed E-state index contributed by atoms with van der Waals surface area (Å²) in [7, 11) is 0. The van der Waals surface area contributed by atoms with Gasteiger partial charge in [0.05, 0.1) is 13.0 Å². The summed E-state index contributed by atoms with van der Waals surface area (Å²) in [5.74, 6) is -3.48. The Morgan fingerprint density at radius 1 is 1.03 bits per heavy atom. The molecule has 2 rings (SSSR count). The number of fused-ring (bicyclic) bond motifs is 1. The molecule has 0 fully saturated rings.